The monoisotopic (exact) mass is 341 g/mol. The van der Waals surface area contributed by atoms with Gasteiger partial charge in [0.15, 0.2) is 11.8 Å². The minimum atomic E-state index is -0.944. The molecule has 0 saturated heterocycles. The molecule has 132 valence electrons. The van der Waals surface area contributed by atoms with Crippen molar-refractivity contribution in [2.75, 3.05) is 5.32 Å². The predicted octanol–water partition coefficient (Wildman–Crippen LogP) is 3.48. The summed E-state index contributed by atoms with van der Waals surface area (Å²) in [6.45, 7) is 7.49. The van der Waals surface area contributed by atoms with Crippen LogP contribution in [0, 0.1) is 6.92 Å². The van der Waals surface area contributed by atoms with Crippen molar-refractivity contribution >= 4 is 17.6 Å². The number of hydrogen-bond acceptors (Lipinski definition) is 5. The third kappa shape index (κ3) is 4.86. The highest BCUT2D eigenvalue weighted by atomic mass is 16.5. The minimum Gasteiger partial charge on any atom is -0.448 e. The molecule has 0 aliphatic carbocycles. The standard InChI is InChI=1S/C19H23N3O3/c1-5-12(2)15-8-6-7-9-16(15)22-18(23)14(4)25-19(24)17-11-20-13(3)10-21-17/h6-12,14H,5H2,1-4H3,(H,22,23). The minimum absolute atomic E-state index is 0.0743. The number of hydrogen-bond donors (Lipinski definition) is 1. The summed E-state index contributed by atoms with van der Waals surface area (Å²) in [6, 6.07) is 7.64. The predicted molar refractivity (Wildman–Crippen MR) is 95.4 cm³/mol. The van der Waals surface area contributed by atoms with Gasteiger partial charge in [0.05, 0.1) is 11.9 Å². The molecule has 0 bridgehead atoms. The third-order valence-corrected chi connectivity index (χ3v) is 4.01. The summed E-state index contributed by atoms with van der Waals surface area (Å²) < 4.78 is 5.18. The molecule has 1 amide bonds. The Morgan fingerprint density at radius 1 is 1.16 bits per heavy atom. The van der Waals surface area contributed by atoms with Gasteiger partial charge in [0.25, 0.3) is 5.91 Å². The summed E-state index contributed by atoms with van der Waals surface area (Å²) in [4.78, 5) is 32.4. The SMILES string of the molecule is CCC(C)c1ccccc1NC(=O)C(C)OC(=O)c1cnc(C)cn1. The van der Waals surface area contributed by atoms with E-state index in [2.05, 4.69) is 29.1 Å². The highest BCUT2D eigenvalue weighted by molar-refractivity contribution is 5.97. The first kappa shape index (κ1) is 18.6. The molecule has 0 aliphatic heterocycles. The molecular formula is C19H23N3O3. The Morgan fingerprint density at radius 3 is 2.52 bits per heavy atom. The van der Waals surface area contributed by atoms with Crippen molar-refractivity contribution in [3.05, 3.63) is 53.6 Å². The number of carbonyl (C=O) groups excluding carboxylic acids is 2. The largest absolute Gasteiger partial charge is 0.448 e. The van der Waals surface area contributed by atoms with E-state index >= 15 is 0 Å². The second-order valence-corrected chi connectivity index (χ2v) is 5.98. The summed E-state index contributed by atoms with van der Waals surface area (Å²) in [7, 11) is 0. The number of aryl methyl sites for hydroxylation is 1. The molecule has 1 aromatic carbocycles. The Balaban J connectivity index is 2.03. The van der Waals surface area contributed by atoms with E-state index < -0.39 is 12.1 Å². The molecule has 0 radical (unpaired) electrons. The second-order valence-electron chi connectivity index (χ2n) is 5.98. The van der Waals surface area contributed by atoms with E-state index in [-0.39, 0.29) is 11.6 Å². The zero-order valence-electron chi connectivity index (χ0n) is 14.9. The molecule has 1 aromatic heterocycles. The van der Waals surface area contributed by atoms with Crippen LogP contribution >= 0.6 is 0 Å². The lowest BCUT2D eigenvalue weighted by Gasteiger charge is -2.18. The van der Waals surface area contributed by atoms with Crippen LogP contribution in [0.5, 0.6) is 0 Å². The number of para-hydroxylation sites is 1. The van der Waals surface area contributed by atoms with Gasteiger partial charge in [0.1, 0.15) is 0 Å². The number of esters is 1. The molecule has 0 fully saturated rings. The van der Waals surface area contributed by atoms with Gasteiger partial charge in [-0.25, -0.2) is 9.78 Å². The molecule has 6 nitrogen and oxygen atoms in total. The first-order valence-corrected chi connectivity index (χ1v) is 8.31. The highest BCUT2D eigenvalue weighted by Crippen LogP contribution is 2.26. The Kier molecular flexibility index (Phi) is 6.22. The Bertz CT molecular complexity index is 744. The molecule has 6 heteroatoms. The Morgan fingerprint density at radius 2 is 1.88 bits per heavy atom. The maximum atomic E-state index is 12.4. The van der Waals surface area contributed by atoms with Crippen molar-refractivity contribution in [1.82, 2.24) is 9.97 Å². The summed E-state index contributed by atoms with van der Waals surface area (Å²) >= 11 is 0. The van der Waals surface area contributed by atoms with Crippen LogP contribution in [0.1, 0.15) is 54.9 Å². The van der Waals surface area contributed by atoms with Gasteiger partial charge in [0.2, 0.25) is 0 Å². The molecule has 2 atom stereocenters. The van der Waals surface area contributed by atoms with Crippen LogP contribution in [0.4, 0.5) is 5.69 Å². The summed E-state index contributed by atoms with van der Waals surface area (Å²) in [5, 5.41) is 2.84. The van der Waals surface area contributed by atoms with Crippen molar-refractivity contribution in [3.63, 3.8) is 0 Å². The number of nitrogens with zero attached hydrogens (tertiary/aromatic N) is 2. The molecule has 2 unspecified atom stereocenters. The molecule has 2 rings (SSSR count). The number of ether oxygens (including phenoxy) is 1. The van der Waals surface area contributed by atoms with E-state index in [1.165, 1.54) is 19.3 Å². The smallest absolute Gasteiger partial charge is 0.359 e. The van der Waals surface area contributed by atoms with E-state index in [4.69, 9.17) is 4.74 Å². The lowest BCUT2D eigenvalue weighted by atomic mass is 9.97. The maximum absolute atomic E-state index is 12.4. The molecule has 25 heavy (non-hydrogen) atoms. The molecule has 1 N–H and O–H groups in total. The molecule has 1 heterocycles. The van der Waals surface area contributed by atoms with E-state index in [1.54, 1.807) is 6.92 Å². The lowest BCUT2D eigenvalue weighted by molar-refractivity contribution is -0.123. The highest BCUT2D eigenvalue weighted by Gasteiger charge is 2.21. The van der Waals surface area contributed by atoms with Gasteiger partial charge in [-0.05, 0) is 37.8 Å². The van der Waals surface area contributed by atoms with Gasteiger partial charge < -0.3 is 10.1 Å². The van der Waals surface area contributed by atoms with Crippen LogP contribution in [0.25, 0.3) is 0 Å². The molecular weight excluding hydrogens is 318 g/mol. The topological polar surface area (TPSA) is 81.2 Å². The average Bonchev–Trinajstić information content (AvgIpc) is 2.61. The van der Waals surface area contributed by atoms with Crippen LogP contribution < -0.4 is 5.32 Å². The summed E-state index contributed by atoms with van der Waals surface area (Å²) in [5.41, 5.74) is 2.57. The van der Waals surface area contributed by atoms with Crippen LogP contribution in [-0.2, 0) is 9.53 Å². The molecule has 0 spiro atoms. The fourth-order valence-electron chi connectivity index (χ4n) is 2.27. The van der Waals surface area contributed by atoms with Crippen LogP contribution in [0.3, 0.4) is 0 Å². The van der Waals surface area contributed by atoms with Gasteiger partial charge in [-0.1, -0.05) is 32.0 Å². The Hall–Kier alpha value is -2.76. The lowest BCUT2D eigenvalue weighted by Crippen LogP contribution is -2.30. The fraction of sp³-hybridized carbons (Fsp3) is 0.368. The van der Waals surface area contributed by atoms with Gasteiger partial charge in [-0.15, -0.1) is 0 Å². The van der Waals surface area contributed by atoms with Crippen molar-refractivity contribution in [1.29, 1.82) is 0 Å². The number of rotatable bonds is 6. The molecule has 0 saturated carbocycles. The van der Waals surface area contributed by atoms with Crippen LogP contribution in [0.15, 0.2) is 36.7 Å². The van der Waals surface area contributed by atoms with Crippen molar-refractivity contribution < 1.29 is 14.3 Å². The van der Waals surface area contributed by atoms with Crippen LogP contribution in [-0.4, -0.2) is 27.9 Å². The van der Waals surface area contributed by atoms with Crippen molar-refractivity contribution in [3.8, 4) is 0 Å². The van der Waals surface area contributed by atoms with Gasteiger partial charge in [0, 0.05) is 11.9 Å². The summed E-state index contributed by atoms with van der Waals surface area (Å²) in [5.74, 6) is -0.744. The number of anilines is 1. The maximum Gasteiger partial charge on any atom is 0.359 e. The third-order valence-electron chi connectivity index (χ3n) is 4.01. The summed E-state index contributed by atoms with van der Waals surface area (Å²) in [6.07, 6.45) is 2.83. The normalized spacial score (nSPS) is 13.0. The number of nitrogens with one attached hydrogen (secondary N) is 1. The zero-order valence-corrected chi connectivity index (χ0v) is 14.9. The quantitative estimate of drug-likeness (QED) is 0.814. The zero-order chi connectivity index (χ0) is 18.4. The van der Waals surface area contributed by atoms with E-state index in [0.29, 0.717) is 11.6 Å². The number of benzene rings is 1. The van der Waals surface area contributed by atoms with Gasteiger partial charge in [-0.3, -0.25) is 9.78 Å². The number of aromatic nitrogens is 2. The Labute approximate surface area is 147 Å². The first-order valence-electron chi connectivity index (χ1n) is 8.31. The number of amides is 1. The van der Waals surface area contributed by atoms with E-state index in [1.807, 2.05) is 24.3 Å². The van der Waals surface area contributed by atoms with Crippen LogP contribution in [0.2, 0.25) is 0 Å². The fourth-order valence-corrected chi connectivity index (χ4v) is 2.27. The molecule has 2 aromatic rings. The average molecular weight is 341 g/mol. The second kappa shape index (κ2) is 8.37. The molecule has 0 aliphatic rings. The van der Waals surface area contributed by atoms with Gasteiger partial charge >= 0.3 is 5.97 Å². The number of carbonyl (C=O) groups is 2. The van der Waals surface area contributed by atoms with Crippen molar-refractivity contribution in [2.24, 2.45) is 0 Å². The first-order chi connectivity index (χ1) is 11.9. The van der Waals surface area contributed by atoms with Crippen molar-refractivity contribution in [2.45, 2.75) is 46.1 Å². The van der Waals surface area contributed by atoms with E-state index in [9.17, 15) is 9.59 Å². The van der Waals surface area contributed by atoms with Gasteiger partial charge in [-0.2, -0.15) is 0 Å². The van der Waals surface area contributed by atoms with E-state index in [0.717, 1.165) is 17.7 Å².